The van der Waals surface area contributed by atoms with Crippen LogP contribution in [0.4, 0.5) is 0 Å². The Hall–Kier alpha value is -2.36. The van der Waals surface area contributed by atoms with E-state index in [9.17, 15) is 8.42 Å². The maximum Gasteiger partial charge on any atom is 0.242 e. The largest absolute Gasteiger partial charge is 0.495 e. The quantitative estimate of drug-likeness (QED) is 0.867. The first-order valence-electron chi connectivity index (χ1n) is 6.15. The Morgan fingerprint density at radius 1 is 1.24 bits per heavy atom. The Morgan fingerprint density at radius 2 is 2.05 bits per heavy atom. The zero-order valence-electron chi connectivity index (χ0n) is 11.4. The number of methoxy groups -OCH3 is 1. The Kier molecular flexibility index (Phi) is 4.93. The molecule has 0 saturated carbocycles. The summed E-state index contributed by atoms with van der Waals surface area (Å²) < 4.78 is 31.4. The van der Waals surface area contributed by atoms with E-state index in [2.05, 4.69) is 21.5 Å². The monoisotopic (exact) mass is 302 g/mol. The van der Waals surface area contributed by atoms with Gasteiger partial charge in [0.15, 0.2) is 0 Å². The van der Waals surface area contributed by atoms with E-state index in [1.54, 1.807) is 25.3 Å². The highest BCUT2D eigenvalue weighted by atomic mass is 32.2. The molecule has 0 bridgehead atoms. The van der Waals surface area contributed by atoms with Crippen LogP contribution in [0.3, 0.4) is 0 Å². The van der Waals surface area contributed by atoms with E-state index in [-0.39, 0.29) is 11.4 Å². The van der Waals surface area contributed by atoms with Crippen molar-refractivity contribution >= 4 is 10.0 Å². The number of nitrogens with zero attached hydrogens (tertiary/aromatic N) is 1. The van der Waals surface area contributed by atoms with Crippen molar-refractivity contribution in [3.63, 3.8) is 0 Å². The Bertz CT molecular complexity index is 762. The summed E-state index contributed by atoms with van der Waals surface area (Å²) in [6.07, 6.45) is 2.80. The predicted molar refractivity (Wildman–Crippen MR) is 79.3 cm³/mol. The molecule has 0 unspecified atom stereocenters. The summed E-state index contributed by atoms with van der Waals surface area (Å²) in [5.74, 6) is 6.29. The van der Waals surface area contributed by atoms with Gasteiger partial charge in [0.05, 0.1) is 19.2 Å². The first-order valence-corrected chi connectivity index (χ1v) is 7.63. The van der Waals surface area contributed by atoms with Crippen LogP contribution >= 0.6 is 0 Å². The Labute approximate surface area is 124 Å². The molecule has 1 N–H and O–H groups in total. The lowest BCUT2D eigenvalue weighted by atomic mass is 10.2. The summed E-state index contributed by atoms with van der Waals surface area (Å²) >= 11 is 0. The molecule has 2 rings (SSSR count). The molecule has 0 saturated heterocycles. The van der Waals surface area contributed by atoms with Gasteiger partial charge >= 0.3 is 0 Å². The maximum atomic E-state index is 11.9. The molecule has 0 aliphatic carbocycles. The van der Waals surface area contributed by atoms with Gasteiger partial charge in [0.1, 0.15) is 10.6 Å². The van der Waals surface area contributed by atoms with E-state index < -0.39 is 10.0 Å². The van der Waals surface area contributed by atoms with Crippen molar-refractivity contribution in [3.8, 4) is 17.6 Å². The molecule has 0 radical (unpaired) electrons. The normalized spacial score (nSPS) is 10.5. The summed E-state index contributed by atoms with van der Waals surface area (Å²) in [4.78, 5) is 3.89. The lowest BCUT2D eigenvalue weighted by Crippen LogP contribution is -2.24. The summed E-state index contributed by atoms with van der Waals surface area (Å²) in [5.41, 5.74) is 0.709. The van der Waals surface area contributed by atoms with Crippen molar-refractivity contribution in [1.29, 1.82) is 0 Å². The van der Waals surface area contributed by atoms with Crippen LogP contribution in [0.15, 0.2) is 53.7 Å². The van der Waals surface area contributed by atoms with Crippen LogP contribution in [0.25, 0.3) is 0 Å². The van der Waals surface area contributed by atoms with Crippen LogP contribution in [0.5, 0.6) is 5.75 Å². The number of nitrogens with one attached hydrogen (secondary N) is 1. The zero-order chi connectivity index (χ0) is 15.1. The molecule has 21 heavy (non-hydrogen) atoms. The van der Waals surface area contributed by atoms with Gasteiger partial charge in [-0.15, -0.1) is 0 Å². The van der Waals surface area contributed by atoms with Crippen LogP contribution in [-0.4, -0.2) is 27.1 Å². The number of rotatable bonds is 4. The highest BCUT2D eigenvalue weighted by molar-refractivity contribution is 7.89. The number of hydrogen-bond acceptors (Lipinski definition) is 4. The molecule has 0 atom stereocenters. The van der Waals surface area contributed by atoms with Crippen molar-refractivity contribution in [2.24, 2.45) is 0 Å². The van der Waals surface area contributed by atoms with Gasteiger partial charge in [-0.05, 0) is 24.3 Å². The summed E-state index contributed by atoms with van der Waals surface area (Å²) in [5, 5.41) is 0. The summed E-state index contributed by atoms with van der Waals surface area (Å²) in [6.45, 7) is 0.00920. The maximum absolute atomic E-state index is 11.9. The van der Waals surface area contributed by atoms with E-state index in [4.69, 9.17) is 4.74 Å². The van der Waals surface area contributed by atoms with Gasteiger partial charge in [0.2, 0.25) is 10.0 Å². The molecule has 1 aromatic carbocycles. The highest BCUT2D eigenvalue weighted by Crippen LogP contribution is 2.15. The molecule has 0 aliphatic rings. The number of ether oxygens (including phenoxy) is 1. The van der Waals surface area contributed by atoms with Crippen molar-refractivity contribution in [2.45, 2.75) is 4.90 Å². The molecule has 1 heterocycles. The number of benzene rings is 1. The van der Waals surface area contributed by atoms with Gasteiger partial charge in [0, 0.05) is 12.4 Å². The van der Waals surface area contributed by atoms with Gasteiger partial charge in [-0.1, -0.05) is 24.0 Å². The fourth-order valence-electron chi connectivity index (χ4n) is 1.61. The Morgan fingerprint density at radius 3 is 2.76 bits per heavy atom. The van der Waals surface area contributed by atoms with Gasteiger partial charge in [-0.2, -0.15) is 4.72 Å². The molecule has 0 amide bonds. The molecule has 0 fully saturated rings. The fourth-order valence-corrected chi connectivity index (χ4v) is 2.49. The Balaban J connectivity index is 2.04. The first-order chi connectivity index (χ1) is 10.1. The lowest BCUT2D eigenvalue weighted by Gasteiger charge is -2.03. The molecule has 108 valence electrons. The van der Waals surface area contributed by atoms with Crippen molar-refractivity contribution in [1.82, 2.24) is 9.71 Å². The van der Waals surface area contributed by atoms with Crippen LogP contribution in [0.2, 0.25) is 0 Å². The van der Waals surface area contributed by atoms with Crippen molar-refractivity contribution in [3.05, 3.63) is 54.4 Å². The molecule has 0 aliphatic heterocycles. The highest BCUT2D eigenvalue weighted by Gasteiger charge is 2.11. The van der Waals surface area contributed by atoms with E-state index in [0.29, 0.717) is 11.3 Å². The van der Waals surface area contributed by atoms with E-state index in [1.807, 2.05) is 12.1 Å². The first kappa shape index (κ1) is 15.0. The minimum Gasteiger partial charge on any atom is -0.495 e. The van der Waals surface area contributed by atoms with Crippen LogP contribution in [0, 0.1) is 11.8 Å². The minimum absolute atomic E-state index is 0.00920. The number of pyridine rings is 1. The molecule has 6 heteroatoms. The van der Waals surface area contributed by atoms with Crippen LogP contribution < -0.4 is 9.46 Å². The third kappa shape index (κ3) is 4.05. The third-order valence-electron chi connectivity index (χ3n) is 2.63. The predicted octanol–water partition coefficient (Wildman–Crippen LogP) is 1.42. The second kappa shape index (κ2) is 6.88. The smallest absolute Gasteiger partial charge is 0.242 e. The van der Waals surface area contributed by atoms with E-state index >= 15 is 0 Å². The second-order valence-electron chi connectivity index (χ2n) is 4.02. The molecule has 1 aromatic heterocycles. The van der Waals surface area contributed by atoms with Crippen LogP contribution in [-0.2, 0) is 10.0 Å². The average Bonchev–Trinajstić information content (AvgIpc) is 2.53. The minimum atomic E-state index is -3.58. The van der Waals surface area contributed by atoms with Gasteiger partial charge in [0.25, 0.3) is 0 Å². The van der Waals surface area contributed by atoms with E-state index in [0.717, 1.165) is 0 Å². The van der Waals surface area contributed by atoms with Gasteiger partial charge < -0.3 is 4.74 Å². The molecule has 0 spiro atoms. The van der Waals surface area contributed by atoms with Crippen molar-refractivity contribution in [2.75, 3.05) is 13.7 Å². The van der Waals surface area contributed by atoms with E-state index in [1.165, 1.54) is 18.5 Å². The lowest BCUT2D eigenvalue weighted by molar-refractivity contribution is 0.413. The number of aromatic nitrogens is 1. The number of hydrogen-bond donors (Lipinski definition) is 1. The topological polar surface area (TPSA) is 68.3 Å². The third-order valence-corrected chi connectivity index (χ3v) is 4.01. The molecular formula is C15H14N2O3S. The van der Waals surface area contributed by atoms with Crippen molar-refractivity contribution < 1.29 is 13.2 Å². The molecular weight excluding hydrogens is 288 g/mol. The summed E-state index contributed by atoms with van der Waals surface area (Å²) in [7, 11) is -2.02. The SMILES string of the molecule is COc1ccccc1C#CCNS(=O)(=O)c1cccnc1. The fraction of sp³-hybridized carbons (Fsp3) is 0.133. The molecule has 5 nitrogen and oxygen atoms in total. The second-order valence-corrected chi connectivity index (χ2v) is 5.78. The average molecular weight is 302 g/mol. The number of sulfonamides is 1. The summed E-state index contributed by atoms with van der Waals surface area (Å²) in [6, 6.07) is 10.3. The zero-order valence-corrected chi connectivity index (χ0v) is 12.2. The van der Waals surface area contributed by atoms with Crippen LogP contribution in [0.1, 0.15) is 5.56 Å². The van der Waals surface area contributed by atoms with Gasteiger partial charge in [-0.3, -0.25) is 4.98 Å². The van der Waals surface area contributed by atoms with Gasteiger partial charge in [-0.25, -0.2) is 8.42 Å². The molecule has 2 aromatic rings. The number of para-hydroxylation sites is 1. The standard InChI is InChI=1S/C15H14N2O3S/c1-20-15-9-3-2-6-13(15)7-4-11-17-21(18,19)14-8-5-10-16-12-14/h2-3,5-6,8-10,12,17H,11H2,1H3.